The van der Waals surface area contributed by atoms with Gasteiger partial charge in [0, 0.05) is 43.5 Å². The van der Waals surface area contributed by atoms with Crippen LogP contribution in [0, 0.1) is 26.4 Å². The molecular formula is C37H51N5O7S. The topological polar surface area (TPSA) is 160 Å². The average Bonchev–Trinajstić information content (AvgIpc) is 3.54. The maximum atomic E-state index is 13.2. The molecule has 0 unspecified atom stereocenters. The molecule has 2 amide bonds. The number of hydrogen-bond donors (Lipinski definition) is 3. The molecule has 2 aromatic rings. The summed E-state index contributed by atoms with van der Waals surface area (Å²) in [5, 5.41) is 18.3. The van der Waals surface area contributed by atoms with Crippen molar-refractivity contribution in [1.82, 2.24) is 10.0 Å². The molecular weight excluding hydrogens is 659 g/mol. The van der Waals surface area contributed by atoms with Gasteiger partial charge in [-0.2, -0.15) is 0 Å². The first-order valence-electron chi connectivity index (χ1n) is 18.0. The van der Waals surface area contributed by atoms with E-state index in [1.165, 1.54) is 50.7 Å². The normalized spacial score (nSPS) is 24.5. The van der Waals surface area contributed by atoms with Gasteiger partial charge in [-0.3, -0.25) is 14.9 Å². The minimum Gasteiger partial charge on any atom is -0.444 e. The summed E-state index contributed by atoms with van der Waals surface area (Å²) in [6.45, 7) is 8.53. The highest BCUT2D eigenvalue weighted by Gasteiger charge is 2.48. The maximum absolute atomic E-state index is 13.2. The quantitative estimate of drug-likeness (QED) is 0.172. The van der Waals surface area contributed by atoms with Crippen LogP contribution in [-0.4, -0.2) is 57.1 Å². The van der Waals surface area contributed by atoms with Crippen LogP contribution in [0.1, 0.15) is 108 Å². The standard InChI is InChI=1S/C37H51N5O7S/c1-34(2,3)49-33(44)39-26-37-17-14-36(15-18-37,16-19-37)25-38-30-11-10-29(24-31(30)42(45)46)50(47,48)40-32(43)27-6-8-28(9-7-27)41-22-20-35(21-23-41)12-4-5-13-35/h6-11,24,38H,4-5,12-23,25-26H2,1-3H3,(H,39,44)(H,40,43). The Balaban J connectivity index is 1.04. The molecule has 50 heavy (non-hydrogen) atoms. The van der Waals surface area contributed by atoms with E-state index in [0.717, 1.165) is 63.4 Å². The summed E-state index contributed by atoms with van der Waals surface area (Å²) in [6.07, 6.45) is 12.8. The number of carbonyl (C=O) groups excluding carboxylic acids is 2. The van der Waals surface area contributed by atoms with Crippen molar-refractivity contribution in [2.75, 3.05) is 36.4 Å². The molecule has 13 heteroatoms. The molecule has 0 radical (unpaired) electrons. The van der Waals surface area contributed by atoms with Crippen LogP contribution in [0.4, 0.5) is 21.9 Å². The SMILES string of the molecule is CC(C)(C)OC(=O)NCC12CCC(CNc3ccc(S(=O)(=O)NC(=O)c4ccc(N5CCC6(CCCC6)CC5)cc4)cc3[N+](=O)[O-])(CC1)CC2. The van der Waals surface area contributed by atoms with Crippen LogP contribution in [0.25, 0.3) is 0 Å². The lowest BCUT2D eigenvalue weighted by Crippen LogP contribution is -2.50. The minimum absolute atomic E-state index is 0.0268. The van der Waals surface area contributed by atoms with Crippen LogP contribution in [-0.2, 0) is 14.8 Å². The van der Waals surface area contributed by atoms with Crippen molar-refractivity contribution >= 4 is 39.1 Å². The molecule has 7 rings (SSSR count). The molecule has 1 aliphatic heterocycles. The number of sulfonamides is 1. The van der Waals surface area contributed by atoms with Crippen LogP contribution >= 0.6 is 0 Å². The summed E-state index contributed by atoms with van der Waals surface area (Å²) >= 11 is 0. The minimum atomic E-state index is -4.38. The number of benzene rings is 2. The first-order chi connectivity index (χ1) is 23.6. The predicted octanol–water partition coefficient (Wildman–Crippen LogP) is 7.15. The number of nitrogens with zero attached hydrogens (tertiary/aromatic N) is 2. The van der Waals surface area contributed by atoms with Gasteiger partial charge < -0.3 is 20.3 Å². The second-order valence-corrected chi connectivity index (χ2v) is 18.0. The number of carbonyl (C=O) groups is 2. The Kier molecular flexibility index (Phi) is 9.84. The van der Waals surface area contributed by atoms with E-state index in [4.69, 9.17) is 4.74 Å². The van der Waals surface area contributed by atoms with Gasteiger partial charge in [0.2, 0.25) is 0 Å². The Hall–Kier alpha value is -3.87. The van der Waals surface area contributed by atoms with E-state index in [-0.39, 0.29) is 32.7 Å². The molecule has 5 fully saturated rings. The van der Waals surface area contributed by atoms with E-state index < -0.39 is 32.5 Å². The van der Waals surface area contributed by atoms with Gasteiger partial charge >= 0.3 is 6.09 Å². The number of anilines is 2. The van der Waals surface area contributed by atoms with Crippen LogP contribution in [0.5, 0.6) is 0 Å². The lowest BCUT2D eigenvalue weighted by Gasteiger charge is -2.53. The number of ether oxygens (including phenoxy) is 1. The van der Waals surface area contributed by atoms with Gasteiger partial charge in [-0.25, -0.2) is 17.9 Å². The van der Waals surface area contributed by atoms with Gasteiger partial charge in [-0.15, -0.1) is 0 Å². The third-order valence-electron chi connectivity index (χ3n) is 11.9. The summed E-state index contributed by atoms with van der Waals surface area (Å²) < 4.78 is 33.9. The largest absolute Gasteiger partial charge is 0.444 e. The second kappa shape index (κ2) is 13.7. The fourth-order valence-corrected chi connectivity index (χ4v) is 9.63. The van der Waals surface area contributed by atoms with Crippen molar-refractivity contribution in [1.29, 1.82) is 0 Å². The Labute approximate surface area is 295 Å². The van der Waals surface area contributed by atoms with Crippen molar-refractivity contribution in [2.24, 2.45) is 16.2 Å². The molecule has 5 aliphatic rings. The van der Waals surface area contributed by atoms with Crippen LogP contribution < -0.4 is 20.3 Å². The van der Waals surface area contributed by atoms with Gasteiger partial charge in [0.1, 0.15) is 11.3 Å². The number of hydrogen-bond acceptors (Lipinski definition) is 9. The summed E-state index contributed by atoms with van der Waals surface area (Å²) in [5.41, 5.74) is 0.988. The Bertz CT molecular complexity index is 1680. The number of alkyl carbamates (subject to hydrolysis) is 1. The van der Waals surface area contributed by atoms with Crippen molar-refractivity contribution in [3.63, 3.8) is 0 Å². The van der Waals surface area contributed by atoms with Crippen molar-refractivity contribution < 1.29 is 27.7 Å². The second-order valence-electron chi connectivity index (χ2n) is 16.3. The van der Waals surface area contributed by atoms with Gasteiger partial charge in [-0.05, 0) is 138 Å². The van der Waals surface area contributed by atoms with E-state index in [2.05, 4.69) is 20.3 Å². The third-order valence-corrected chi connectivity index (χ3v) is 13.2. The Morgan fingerprint density at radius 2 is 1.44 bits per heavy atom. The number of nitro groups is 1. The predicted molar refractivity (Wildman–Crippen MR) is 192 cm³/mol. The monoisotopic (exact) mass is 709 g/mol. The maximum Gasteiger partial charge on any atom is 0.407 e. The zero-order valence-corrected chi connectivity index (χ0v) is 30.3. The smallest absolute Gasteiger partial charge is 0.407 e. The van der Waals surface area contributed by atoms with Crippen molar-refractivity contribution in [3.05, 3.63) is 58.1 Å². The molecule has 1 saturated heterocycles. The highest BCUT2D eigenvalue weighted by molar-refractivity contribution is 7.90. The third kappa shape index (κ3) is 8.03. The number of rotatable bonds is 10. The van der Waals surface area contributed by atoms with E-state index in [1.807, 2.05) is 32.9 Å². The molecule has 0 atom stereocenters. The van der Waals surface area contributed by atoms with E-state index in [1.54, 1.807) is 12.1 Å². The summed E-state index contributed by atoms with van der Waals surface area (Å²) in [6, 6.07) is 10.6. The van der Waals surface area contributed by atoms with Crippen LogP contribution in [0.2, 0.25) is 0 Å². The molecule has 272 valence electrons. The molecule has 2 bridgehead atoms. The van der Waals surface area contributed by atoms with Crippen molar-refractivity contribution in [3.8, 4) is 0 Å². The summed E-state index contributed by atoms with van der Waals surface area (Å²) in [5.74, 6) is -0.795. The highest BCUT2D eigenvalue weighted by Crippen LogP contribution is 2.56. The van der Waals surface area contributed by atoms with Gasteiger partial charge in [0.15, 0.2) is 0 Å². The lowest BCUT2D eigenvalue weighted by atomic mass is 9.53. The number of fused-ring (bicyclic) bond motifs is 3. The average molecular weight is 710 g/mol. The van der Waals surface area contributed by atoms with Gasteiger partial charge in [0.25, 0.3) is 21.6 Å². The molecule has 1 heterocycles. The lowest BCUT2D eigenvalue weighted by molar-refractivity contribution is -0.384. The fourth-order valence-electron chi connectivity index (χ4n) is 8.63. The Morgan fingerprint density at radius 3 is 2.00 bits per heavy atom. The van der Waals surface area contributed by atoms with E-state index in [0.29, 0.717) is 18.5 Å². The number of amides is 2. The first kappa shape index (κ1) is 35.9. The molecule has 4 aliphatic carbocycles. The fraction of sp³-hybridized carbons (Fsp3) is 0.622. The summed E-state index contributed by atoms with van der Waals surface area (Å²) in [7, 11) is -4.38. The van der Waals surface area contributed by atoms with Crippen LogP contribution in [0.3, 0.4) is 0 Å². The molecule has 1 spiro atoms. The summed E-state index contributed by atoms with van der Waals surface area (Å²) in [4.78, 5) is 38.7. The number of piperidine rings is 1. The zero-order chi connectivity index (χ0) is 35.8. The van der Waals surface area contributed by atoms with Crippen molar-refractivity contribution in [2.45, 2.75) is 108 Å². The van der Waals surface area contributed by atoms with Gasteiger partial charge in [-0.1, -0.05) is 12.8 Å². The van der Waals surface area contributed by atoms with E-state index in [9.17, 15) is 28.1 Å². The Morgan fingerprint density at radius 1 is 0.860 bits per heavy atom. The molecule has 3 N–H and O–H groups in total. The molecule has 0 aromatic heterocycles. The van der Waals surface area contributed by atoms with E-state index >= 15 is 0 Å². The van der Waals surface area contributed by atoms with Crippen LogP contribution in [0.15, 0.2) is 47.4 Å². The molecule has 4 saturated carbocycles. The first-order valence-corrected chi connectivity index (χ1v) is 19.5. The zero-order valence-electron chi connectivity index (χ0n) is 29.5. The number of nitro benzene ring substituents is 1. The number of nitrogens with one attached hydrogen (secondary N) is 3. The molecule has 2 aromatic carbocycles. The van der Waals surface area contributed by atoms with Gasteiger partial charge in [0.05, 0.1) is 9.82 Å². The highest BCUT2D eigenvalue weighted by atomic mass is 32.2. The molecule has 12 nitrogen and oxygen atoms in total.